The number of sulfonamides is 1. The van der Waals surface area contributed by atoms with Gasteiger partial charge >= 0.3 is 0 Å². The second-order valence-electron chi connectivity index (χ2n) is 4.08. The third-order valence-corrected chi connectivity index (χ3v) is 4.00. The highest BCUT2D eigenvalue weighted by molar-refractivity contribution is 7.88. The molecule has 18 heavy (non-hydrogen) atoms. The fourth-order valence-corrected chi connectivity index (χ4v) is 2.49. The van der Waals surface area contributed by atoms with Crippen LogP contribution < -0.4 is 5.32 Å². The molecule has 0 spiro atoms. The molecule has 1 aromatic heterocycles. The Morgan fingerprint density at radius 3 is 2.61 bits per heavy atom. The SMILES string of the molecule is CCN(CCCNCc1nonc1C)S(C)(=O)=O. The van der Waals surface area contributed by atoms with E-state index < -0.39 is 10.0 Å². The number of rotatable bonds is 8. The molecule has 0 bridgehead atoms. The number of nitrogens with zero attached hydrogens (tertiary/aromatic N) is 3. The van der Waals surface area contributed by atoms with Gasteiger partial charge in [-0.2, -0.15) is 0 Å². The van der Waals surface area contributed by atoms with Crippen LogP contribution in [0.25, 0.3) is 0 Å². The fourth-order valence-electron chi connectivity index (χ4n) is 1.56. The second-order valence-corrected chi connectivity index (χ2v) is 6.06. The largest absolute Gasteiger partial charge is 0.311 e. The van der Waals surface area contributed by atoms with Gasteiger partial charge in [0.1, 0.15) is 11.4 Å². The fraction of sp³-hybridized carbons (Fsp3) is 0.800. The van der Waals surface area contributed by atoms with Crippen LogP contribution in [0.2, 0.25) is 0 Å². The molecule has 0 amide bonds. The average Bonchev–Trinajstić information content (AvgIpc) is 2.67. The van der Waals surface area contributed by atoms with Crippen molar-refractivity contribution in [2.24, 2.45) is 0 Å². The molecule has 0 saturated heterocycles. The smallest absolute Gasteiger partial charge is 0.211 e. The molecule has 104 valence electrons. The lowest BCUT2D eigenvalue weighted by atomic mass is 10.3. The summed E-state index contributed by atoms with van der Waals surface area (Å²) in [5.74, 6) is 0. The molecule has 0 radical (unpaired) electrons. The van der Waals surface area contributed by atoms with Crippen molar-refractivity contribution in [2.75, 3.05) is 25.9 Å². The summed E-state index contributed by atoms with van der Waals surface area (Å²) >= 11 is 0. The molecule has 1 heterocycles. The molecule has 7 nitrogen and oxygen atoms in total. The van der Waals surface area contributed by atoms with Crippen LogP contribution in [0.1, 0.15) is 24.7 Å². The van der Waals surface area contributed by atoms with E-state index in [-0.39, 0.29) is 0 Å². The van der Waals surface area contributed by atoms with Crippen LogP contribution in [0, 0.1) is 6.92 Å². The van der Waals surface area contributed by atoms with Gasteiger partial charge in [-0.3, -0.25) is 0 Å². The summed E-state index contributed by atoms with van der Waals surface area (Å²) in [6.45, 7) is 6.00. The van der Waals surface area contributed by atoms with Crippen molar-refractivity contribution in [1.82, 2.24) is 19.9 Å². The first-order chi connectivity index (χ1) is 8.45. The normalized spacial score (nSPS) is 12.2. The van der Waals surface area contributed by atoms with Gasteiger partial charge in [-0.15, -0.1) is 0 Å². The highest BCUT2D eigenvalue weighted by Crippen LogP contribution is 2.00. The Balaban J connectivity index is 2.21. The molecular weight excluding hydrogens is 256 g/mol. The van der Waals surface area contributed by atoms with E-state index in [0.29, 0.717) is 19.6 Å². The molecule has 0 fully saturated rings. The van der Waals surface area contributed by atoms with Crippen LogP contribution in [0.15, 0.2) is 4.63 Å². The second kappa shape index (κ2) is 6.81. The minimum absolute atomic E-state index is 0.505. The summed E-state index contributed by atoms with van der Waals surface area (Å²) in [6.07, 6.45) is 1.99. The summed E-state index contributed by atoms with van der Waals surface area (Å²) in [5, 5.41) is 10.6. The third-order valence-electron chi connectivity index (χ3n) is 2.62. The Morgan fingerprint density at radius 1 is 1.39 bits per heavy atom. The van der Waals surface area contributed by atoms with Gasteiger partial charge in [0.05, 0.1) is 6.26 Å². The van der Waals surface area contributed by atoms with Gasteiger partial charge in [-0.1, -0.05) is 17.2 Å². The summed E-state index contributed by atoms with van der Waals surface area (Å²) < 4.78 is 28.7. The molecule has 8 heteroatoms. The van der Waals surface area contributed by atoms with Crippen molar-refractivity contribution in [3.8, 4) is 0 Å². The number of aromatic nitrogens is 2. The zero-order chi connectivity index (χ0) is 13.6. The highest BCUT2D eigenvalue weighted by Gasteiger charge is 2.13. The molecule has 0 saturated carbocycles. The standard InChI is InChI=1S/C10H20N4O3S/c1-4-14(18(3,15)16)7-5-6-11-8-10-9(2)12-17-13-10/h11H,4-8H2,1-3H3. The third kappa shape index (κ3) is 4.71. The molecule has 0 aliphatic rings. The van der Waals surface area contributed by atoms with Crippen molar-refractivity contribution >= 4 is 10.0 Å². The first-order valence-electron chi connectivity index (χ1n) is 5.89. The lowest BCUT2D eigenvalue weighted by Gasteiger charge is -2.17. The lowest BCUT2D eigenvalue weighted by molar-refractivity contribution is 0.300. The van der Waals surface area contributed by atoms with Gasteiger partial charge in [-0.25, -0.2) is 17.4 Å². The predicted molar refractivity (Wildman–Crippen MR) is 67.4 cm³/mol. The van der Waals surface area contributed by atoms with Crippen LogP contribution >= 0.6 is 0 Å². The quantitative estimate of drug-likeness (QED) is 0.679. The monoisotopic (exact) mass is 276 g/mol. The average molecular weight is 276 g/mol. The molecule has 0 unspecified atom stereocenters. The van der Waals surface area contributed by atoms with E-state index in [4.69, 9.17) is 0 Å². The van der Waals surface area contributed by atoms with Gasteiger partial charge in [0.25, 0.3) is 0 Å². The Kier molecular flexibility index (Phi) is 5.70. The van der Waals surface area contributed by atoms with Crippen LogP contribution in [-0.2, 0) is 16.6 Å². The lowest BCUT2D eigenvalue weighted by Crippen LogP contribution is -2.32. The molecule has 0 atom stereocenters. The van der Waals surface area contributed by atoms with Crippen molar-refractivity contribution in [2.45, 2.75) is 26.8 Å². The maximum absolute atomic E-state index is 11.3. The minimum Gasteiger partial charge on any atom is -0.311 e. The topological polar surface area (TPSA) is 88.3 Å². The van der Waals surface area contributed by atoms with E-state index in [1.807, 2.05) is 13.8 Å². The maximum Gasteiger partial charge on any atom is 0.211 e. The molecule has 1 aromatic rings. The van der Waals surface area contributed by atoms with Crippen molar-refractivity contribution in [3.63, 3.8) is 0 Å². The number of nitrogens with one attached hydrogen (secondary N) is 1. The Labute approximate surface area is 108 Å². The van der Waals surface area contributed by atoms with Crippen LogP contribution in [-0.4, -0.2) is 48.9 Å². The Bertz CT molecular complexity index is 457. The van der Waals surface area contributed by atoms with Crippen LogP contribution in [0.5, 0.6) is 0 Å². The molecule has 0 aliphatic heterocycles. The molecule has 0 aromatic carbocycles. The van der Waals surface area contributed by atoms with E-state index in [1.54, 1.807) is 0 Å². The van der Waals surface area contributed by atoms with E-state index >= 15 is 0 Å². The van der Waals surface area contributed by atoms with Crippen LogP contribution in [0.4, 0.5) is 0 Å². The minimum atomic E-state index is -3.08. The summed E-state index contributed by atoms with van der Waals surface area (Å²) in [5.41, 5.74) is 1.55. The first-order valence-corrected chi connectivity index (χ1v) is 7.74. The zero-order valence-electron chi connectivity index (χ0n) is 11.0. The van der Waals surface area contributed by atoms with Gasteiger partial charge < -0.3 is 5.32 Å². The van der Waals surface area contributed by atoms with E-state index in [1.165, 1.54) is 10.6 Å². The first kappa shape index (κ1) is 15.1. The number of hydrogen-bond donors (Lipinski definition) is 1. The van der Waals surface area contributed by atoms with Crippen molar-refractivity contribution < 1.29 is 13.0 Å². The van der Waals surface area contributed by atoms with E-state index in [9.17, 15) is 8.42 Å². The summed E-state index contributed by atoms with van der Waals surface area (Å²) in [7, 11) is -3.08. The zero-order valence-corrected chi connectivity index (χ0v) is 11.8. The Hall–Kier alpha value is -0.990. The van der Waals surface area contributed by atoms with Crippen LogP contribution in [0.3, 0.4) is 0 Å². The summed E-state index contributed by atoms with van der Waals surface area (Å²) in [6, 6.07) is 0. The molecular formula is C10H20N4O3S. The highest BCUT2D eigenvalue weighted by atomic mass is 32.2. The predicted octanol–water partition coefficient (Wildman–Crippen LogP) is 0.139. The molecule has 1 rings (SSSR count). The van der Waals surface area contributed by atoms with E-state index in [0.717, 1.165) is 24.4 Å². The van der Waals surface area contributed by atoms with Gasteiger partial charge in [0.15, 0.2) is 0 Å². The van der Waals surface area contributed by atoms with Gasteiger partial charge in [0, 0.05) is 19.6 Å². The Morgan fingerprint density at radius 2 is 2.11 bits per heavy atom. The van der Waals surface area contributed by atoms with Gasteiger partial charge in [0.2, 0.25) is 10.0 Å². The van der Waals surface area contributed by atoms with Crippen molar-refractivity contribution in [3.05, 3.63) is 11.4 Å². The summed E-state index contributed by atoms with van der Waals surface area (Å²) in [4.78, 5) is 0. The number of hydrogen-bond acceptors (Lipinski definition) is 6. The molecule has 0 aliphatic carbocycles. The molecule has 1 N–H and O–H groups in total. The number of aryl methyl sites for hydroxylation is 1. The van der Waals surface area contributed by atoms with E-state index in [2.05, 4.69) is 20.3 Å². The van der Waals surface area contributed by atoms with Crippen molar-refractivity contribution in [1.29, 1.82) is 0 Å². The maximum atomic E-state index is 11.3. The van der Waals surface area contributed by atoms with Gasteiger partial charge in [-0.05, 0) is 19.9 Å².